The van der Waals surface area contributed by atoms with Crippen molar-refractivity contribution in [2.75, 3.05) is 0 Å². The molecule has 1 fully saturated rings. The summed E-state index contributed by atoms with van der Waals surface area (Å²) in [6, 6.07) is 1.58. The lowest BCUT2D eigenvalue weighted by Gasteiger charge is -2.12. The number of hydrogen-bond donors (Lipinski definition) is 1. The SMILES string of the molecule is CC1(NS(=O)(=O)c2cc(Br)c3nccn3c2)CC1. The van der Waals surface area contributed by atoms with Crippen LogP contribution in [0.3, 0.4) is 0 Å². The van der Waals surface area contributed by atoms with Gasteiger partial charge in [-0.05, 0) is 41.8 Å². The summed E-state index contributed by atoms with van der Waals surface area (Å²) in [5, 5.41) is 0. The number of sulfonamides is 1. The van der Waals surface area contributed by atoms with E-state index in [0.29, 0.717) is 10.1 Å². The first-order valence-corrected chi connectivity index (χ1v) is 7.84. The Labute approximate surface area is 113 Å². The van der Waals surface area contributed by atoms with Crippen LogP contribution < -0.4 is 4.72 Å². The van der Waals surface area contributed by atoms with E-state index >= 15 is 0 Å². The molecule has 1 saturated carbocycles. The molecule has 0 spiro atoms. The summed E-state index contributed by atoms with van der Waals surface area (Å²) in [4.78, 5) is 4.37. The Hall–Kier alpha value is -0.920. The zero-order chi connectivity index (χ0) is 13.0. The zero-order valence-electron chi connectivity index (χ0n) is 9.72. The fourth-order valence-corrected chi connectivity index (χ4v) is 3.99. The number of aromatic nitrogens is 2. The highest BCUT2D eigenvalue weighted by molar-refractivity contribution is 9.10. The lowest BCUT2D eigenvalue weighted by atomic mass is 10.4. The van der Waals surface area contributed by atoms with Crippen molar-refractivity contribution in [1.82, 2.24) is 14.1 Å². The van der Waals surface area contributed by atoms with Gasteiger partial charge in [0.25, 0.3) is 0 Å². The van der Waals surface area contributed by atoms with Crippen molar-refractivity contribution in [1.29, 1.82) is 0 Å². The minimum Gasteiger partial charge on any atom is -0.305 e. The Bertz CT molecular complexity index is 719. The molecule has 96 valence electrons. The summed E-state index contributed by atoms with van der Waals surface area (Å²) in [5.74, 6) is 0. The van der Waals surface area contributed by atoms with Crippen molar-refractivity contribution in [2.24, 2.45) is 0 Å². The van der Waals surface area contributed by atoms with Gasteiger partial charge in [0, 0.05) is 24.1 Å². The molecular weight excluding hydrogens is 318 g/mol. The van der Waals surface area contributed by atoms with E-state index in [9.17, 15) is 8.42 Å². The molecule has 0 amide bonds. The molecule has 0 bridgehead atoms. The molecule has 3 rings (SSSR count). The first kappa shape index (κ1) is 12.1. The van der Waals surface area contributed by atoms with Gasteiger partial charge in [0.1, 0.15) is 0 Å². The molecule has 7 heteroatoms. The minimum absolute atomic E-state index is 0.244. The number of nitrogens with zero attached hydrogens (tertiary/aromatic N) is 2. The molecule has 0 aliphatic heterocycles. The van der Waals surface area contributed by atoms with Gasteiger partial charge >= 0.3 is 0 Å². The first-order chi connectivity index (χ1) is 8.40. The highest BCUT2D eigenvalue weighted by Crippen LogP contribution is 2.36. The molecule has 0 aromatic carbocycles. The molecule has 2 aromatic heterocycles. The summed E-state index contributed by atoms with van der Waals surface area (Å²) < 4.78 is 29.6. The van der Waals surface area contributed by atoms with Gasteiger partial charge in [-0.1, -0.05) is 0 Å². The van der Waals surface area contributed by atoms with Gasteiger partial charge in [-0.15, -0.1) is 0 Å². The summed E-state index contributed by atoms with van der Waals surface area (Å²) in [6.45, 7) is 1.91. The van der Waals surface area contributed by atoms with Crippen LogP contribution >= 0.6 is 15.9 Å². The van der Waals surface area contributed by atoms with Crippen molar-refractivity contribution in [3.63, 3.8) is 0 Å². The Balaban J connectivity index is 2.08. The number of pyridine rings is 1. The Morgan fingerprint density at radius 2 is 2.22 bits per heavy atom. The highest BCUT2D eigenvalue weighted by atomic mass is 79.9. The van der Waals surface area contributed by atoms with Gasteiger partial charge in [-0.2, -0.15) is 0 Å². The molecule has 5 nitrogen and oxygen atoms in total. The van der Waals surface area contributed by atoms with E-state index in [1.165, 1.54) is 0 Å². The second kappa shape index (κ2) is 3.79. The molecular formula is C11H12BrN3O2S. The summed E-state index contributed by atoms with van der Waals surface area (Å²) in [7, 11) is -3.48. The number of halogens is 1. The molecule has 1 aliphatic carbocycles. The maximum absolute atomic E-state index is 12.2. The lowest BCUT2D eigenvalue weighted by molar-refractivity contribution is 0.557. The smallest absolute Gasteiger partial charge is 0.242 e. The number of nitrogens with one attached hydrogen (secondary N) is 1. The number of fused-ring (bicyclic) bond motifs is 1. The van der Waals surface area contributed by atoms with Gasteiger partial charge in [0.05, 0.1) is 9.37 Å². The first-order valence-electron chi connectivity index (χ1n) is 5.56. The van der Waals surface area contributed by atoms with E-state index in [2.05, 4.69) is 25.6 Å². The standard InChI is InChI=1S/C11H12BrN3O2S/c1-11(2-3-11)14-18(16,17)8-6-9(12)10-13-4-5-15(10)7-8/h4-7,14H,2-3H2,1H3. The van der Waals surface area contributed by atoms with E-state index in [4.69, 9.17) is 0 Å². The van der Waals surface area contributed by atoms with Crippen LogP contribution in [0.1, 0.15) is 19.8 Å². The monoisotopic (exact) mass is 329 g/mol. The van der Waals surface area contributed by atoms with Crippen LogP contribution in [-0.2, 0) is 10.0 Å². The minimum atomic E-state index is -3.48. The Morgan fingerprint density at radius 1 is 1.50 bits per heavy atom. The normalized spacial score (nSPS) is 18.1. The van der Waals surface area contributed by atoms with Crippen LogP contribution in [-0.4, -0.2) is 23.3 Å². The van der Waals surface area contributed by atoms with Crippen LogP contribution in [0.15, 0.2) is 34.0 Å². The fourth-order valence-electron chi connectivity index (χ4n) is 1.79. The van der Waals surface area contributed by atoms with Crippen LogP contribution in [0, 0.1) is 0 Å². The lowest BCUT2D eigenvalue weighted by Crippen LogP contribution is -2.34. The molecule has 2 heterocycles. The summed E-state index contributed by atoms with van der Waals surface area (Å²) in [5.41, 5.74) is 0.432. The maximum atomic E-state index is 12.2. The van der Waals surface area contributed by atoms with Crippen LogP contribution in [0.4, 0.5) is 0 Å². The van der Waals surface area contributed by atoms with Crippen LogP contribution in [0.25, 0.3) is 5.65 Å². The number of imidazole rings is 1. The maximum Gasteiger partial charge on any atom is 0.242 e. The van der Waals surface area contributed by atoms with Crippen molar-refractivity contribution >= 4 is 31.6 Å². The van der Waals surface area contributed by atoms with Gasteiger partial charge < -0.3 is 4.40 Å². The average Bonchev–Trinajstić information content (AvgIpc) is 2.80. The van der Waals surface area contributed by atoms with Gasteiger partial charge in [-0.3, -0.25) is 0 Å². The fraction of sp³-hybridized carbons (Fsp3) is 0.364. The zero-order valence-corrected chi connectivity index (χ0v) is 12.1. The third-order valence-corrected chi connectivity index (χ3v) is 5.30. The molecule has 0 unspecified atom stereocenters. The molecule has 18 heavy (non-hydrogen) atoms. The molecule has 0 atom stereocenters. The highest BCUT2D eigenvalue weighted by Gasteiger charge is 2.41. The molecule has 0 radical (unpaired) electrons. The predicted octanol–water partition coefficient (Wildman–Crippen LogP) is 1.93. The molecule has 0 saturated heterocycles. The Kier molecular flexibility index (Phi) is 2.55. The van der Waals surface area contributed by atoms with E-state index in [1.807, 2.05) is 6.92 Å². The van der Waals surface area contributed by atoms with Gasteiger partial charge in [0.2, 0.25) is 10.0 Å². The second-order valence-electron chi connectivity index (χ2n) is 4.85. The predicted molar refractivity (Wildman–Crippen MR) is 70.9 cm³/mol. The molecule has 2 aromatic rings. The second-order valence-corrected chi connectivity index (χ2v) is 7.38. The van der Waals surface area contributed by atoms with E-state index < -0.39 is 10.0 Å². The third kappa shape index (κ3) is 2.06. The van der Waals surface area contributed by atoms with Crippen LogP contribution in [0.2, 0.25) is 0 Å². The largest absolute Gasteiger partial charge is 0.305 e. The topological polar surface area (TPSA) is 63.5 Å². The summed E-state index contributed by atoms with van der Waals surface area (Å²) >= 11 is 3.34. The average molecular weight is 330 g/mol. The van der Waals surface area contributed by atoms with Gasteiger partial charge in [-0.25, -0.2) is 18.1 Å². The molecule has 1 N–H and O–H groups in total. The van der Waals surface area contributed by atoms with Crippen molar-refractivity contribution in [3.05, 3.63) is 29.1 Å². The van der Waals surface area contributed by atoms with E-state index in [-0.39, 0.29) is 10.4 Å². The van der Waals surface area contributed by atoms with Crippen molar-refractivity contribution in [3.8, 4) is 0 Å². The quantitative estimate of drug-likeness (QED) is 0.935. The summed E-state index contributed by atoms with van der Waals surface area (Å²) in [6.07, 6.45) is 6.70. The van der Waals surface area contributed by atoms with E-state index in [0.717, 1.165) is 12.8 Å². The third-order valence-electron chi connectivity index (χ3n) is 3.11. The van der Waals surface area contributed by atoms with Crippen molar-refractivity contribution in [2.45, 2.75) is 30.2 Å². The number of hydrogen-bond acceptors (Lipinski definition) is 3. The van der Waals surface area contributed by atoms with Crippen molar-refractivity contribution < 1.29 is 8.42 Å². The van der Waals surface area contributed by atoms with Crippen LogP contribution in [0.5, 0.6) is 0 Å². The Morgan fingerprint density at radius 3 is 2.89 bits per heavy atom. The number of rotatable bonds is 3. The van der Waals surface area contributed by atoms with E-state index in [1.54, 1.807) is 29.1 Å². The van der Waals surface area contributed by atoms with Gasteiger partial charge in [0.15, 0.2) is 5.65 Å². The molecule has 1 aliphatic rings.